The molecule has 0 aliphatic carbocycles. The van der Waals surface area contributed by atoms with Crippen LogP contribution in [0.5, 0.6) is 0 Å². The molecule has 0 radical (unpaired) electrons. The number of aromatic nitrogens is 2. The van der Waals surface area contributed by atoms with Crippen molar-refractivity contribution in [2.45, 2.75) is 51.4 Å². The molecule has 0 aliphatic heterocycles. The van der Waals surface area contributed by atoms with Gasteiger partial charge in [0.05, 0.1) is 5.76 Å². The molecule has 7 heteroatoms. The van der Waals surface area contributed by atoms with Crippen molar-refractivity contribution in [2.75, 3.05) is 6.54 Å². The summed E-state index contributed by atoms with van der Waals surface area (Å²) < 4.78 is 0. The van der Waals surface area contributed by atoms with Crippen LogP contribution in [-0.4, -0.2) is 33.4 Å². The van der Waals surface area contributed by atoms with E-state index < -0.39 is 0 Å². The number of carbonyl (C=O) groups is 2. The lowest BCUT2D eigenvalue weighted by Crippen LogP contribution is -2.24. The fourth-order valence-electron chi connectivity index (χ4n) is 2.56. The largest absolute Gasteiger partial charge is 0.513 e. The summed E-state index contributed by atoms with van der Waals surface area (Å²) >= 11 is 0. The number of carbonyl (C=O) groups excluding carboxylic acids is 2. The van der Waals surface area contributed by atoms with Crippen LogP contribution in [0.4, 0.5) is 0 Å². The van der Waals surface area contributed by atoms with Gasteiger partial charge in [0.2, 0.25) is 11.8 Å². The van der Waals surface area contributed by atoms with Crippen LogP contribution in [0.25, 0.3) is 0 Å². The van der Waals surface area contributed by atoms with E-state index in [1.54, 1.807) is 24.8 Å². The first-order valence-electron chi connectivity index (χ1n) is 10.2. The maximum atomic E-state index is 11.6. The highest BCUT2D eigenvalue weighted by atomic mass is 16.3. The lowest BCUT2D eigenvalue weighted by Gasteiger charge is -2.05. The molecule has 30 heavy (non-hydrogen) atoms. The van der Waals surface area contributed by atoms with Gasteiger partial charge in [0, 0.05) is 50.6 Å². The number of rotatable bonds is 12. The summed E-state index contributed by atoms with van der Waals surface area (Å²) in [5, 5.41) is 11.8. The standard InChI is InChI=1S/C15H22N2O2.C8H10N2O/c1-13(18)6-3-2-4-11-17-15(19)9-8-14-7-5-10-16-12-14;9-8(11)4-3-7-2-1-5-10-6-7/h5,7,10,12,18H,1-4,6,8-9,11H2,(H,17,19);1-2,5-6H,3-4H2,(H2,9,11). The molecule has 0 bridgehead atoms. The predicted octanol–water partition coefficient (Wildman–Crippen LogP) is 3.26. The fraction of sp³-hybridized carbons (Fsp3) is 0.391. The molecule has 0 saturated carbocycles. The Morgan fingerprint density at radius 3 is 2.03 bits per heavy atom. The molecule has 2 aromatic rings. The van der Waals surface area contributed by atoms with Gasteiger partial charge in [0.25, 0.3) is 0 Å². The monoisotopic (exact) mass is 412 g/mol. The SMILES string of the molecule is C=C(O)CCCCCNC(=O)CCc1cccnc1.NC(=O)CCc1cccnc1. The molecule has 0 atom stereocenters. The summed E-state index contributed by atoms with van der Waals surface area (Å²) in [6.45, 7) is 4.13. The van der Waals surface area contributed by atoms with E-state index in [2.05, 4.69) is 21.9 Å². The number of hydrogen-bond acceptors (Lipinski definition) is 5. The van der Waals surface area contributed by atoms with Crippen molar-refractivity contribution in [2.24, 2.45) is 5.73 Å². The molecule has 162 valence electrons. The normalized spacial score (nSPS) is 9.87. The second-order valence-electron chi connectivity index (χ2n) is 6.92. The quantitative estimate of drug-likeness (QED) is 0.365. The van der Waals surface area contributed by atoms with Crippen LogP contribution in [0.15, 0.2) is 61.4 Å². The van der Waals surface area contributed by atoms with Crippen LogP contribution in [-0.2, 0) is 22.4 Å². The minimum Gasteiger partial charge on any atom is -0.513 e. The molecular formula is C23H32N4O3. The highest BCUT2D eigenvalue weighted by Crippen LogP contribution is 2.04. The Morgan fingerprint density at radius 2 is 1.53 bits per heavy atom. The summed E-state index contributed by atoms with van der Waals surface area (Å²) in [6, 6.07) is 7.62. The molecule has 0 aromatic carbocycles. The van der Waals surface area contributed by atoms with Crippen LogP contribution in [0.3, 0.4) is 0 Å². The minimum absolute atomic E-state index is 0.0791. The number of aliphatic hydroxyl groups excluding tert-OH is 1. The number of allylic oxidation sites excluding steroid dienone is 1. The van der Waals surface area contributed by atoms with Gasteiger partial charge < -0.3 is 16.2 Å². The van der Waals surface area contributed by atoms with Crippen LogP contribution >= 0.6 is 0 Å². The van der Waals surface area contributed by atoms with Gasteiger partial charge in [-0.05, 0) is 48.9 Å². The number of hydrogen-bond donors (Lipinski definition) is 3. The summed E-state index contributed by atoms with van der Waals surface area (Å²) in [7, 11) is 0. The van der Waals surface area contributed by atoms with Crippen molar-refractivity contribution >= 4 is 11.8 Å². The molecule has 0 unspecified atom stereocenters. The topological polar surface area (TPSA) is 118 Å². The number of nitrogens with one attached hydrogen (secondary N) is 1. The van der Waals surface area contributed by atoms with Crippen LogP contribution in [0, 0.1) is 0 Å². The zero-order valence-electron chi connectivity index (χ0n) is 17.4. The molecule has 2 heterocycles. The highest BCUT2D eigenvalue weighted by molar-refractivity contribution is 5.76. The first kappa shape index (κ1) is 24.8. The third kappa shape index (κ3) is 13.9. The number of primary amides is 1. The fourth-order valence-corrected chi connectivity index (χ4v) is 2.56. The van der Waals surface area contributed by atoms with Crippen molar-refractivity contribution < 1.29 is 14.7 Å². The van der Waals surface area contributed by atoms with E-state index in [9.17, 15) is 9.59 Å². The maximum Gasteiger partial charge on any atom is 0.220 e. The van der Waals surface area contributed by atoms with Gasteiger partial charge in [0.15, 0.2) is 0 Å². The molecule has 2 aromatic heterocycles. The minimum atomic E-state index is -0.270. The molecular weight excluding hydrogens is 380 g/mol. The van der Waals surface area contributed by atoms with Crippen LogP contribution in [0.1, 0.15) is 49.7 Å². The third-order valence-electron chi connectivity index (χ3n) is 4.21. The van der Waals surface area contributed by atoms with Crippen molar-refractivity contribution in [1.29, 1.82) is 0 Å². The third-order valence-corrected chi connectivity index (χ3v) is 4.21. The molecule has 4 N–H and O–H groups in total. The van der Waals surface area contributed by atoms with E-state index in [1.165, 1.54) is 0 Å². The molecule has 0 spiro atoms. The van der Waals surface area contributed by atoms with Gasteiger partial charge in [-0.3, -0.25) is 19.6 Å². The second kappa shape index (κ2) is 15.7. The lowest BCUT2D eigenvalue weighted by atomic mass is 10.1. The van der Waals surface area contributed by atoms with Gasteiger partial charge in [-0.15, -0.1) is 0 Å². The number of unbranched alkanes of at least 4 members (excludes halogenated alkanes) is 2. The summed E-state index contributed by atoms with van der Waals surface area (Å²) in [5.41, 5.74) is 7.11. The van der Waals surface area contributed by atoms with E-state index >= 15 is 0 Å². The van der Waals surface area contributed by atoms with Crippen molar-refractivity contribution in [3.8, 4) is 0 Å². The lowest BCUT2D eigenvalue weighted by molar-refractivity contribution is -0.121. The van der Waals surface area contributed by atoms with Crippen LogP contribution < -0.4 is 11.1 Å². The molecule has 2 rings (SSSR count). The van der Waals surface area contributed by atoms with Gasteiger partial charge in [-0.1, -0.05) is 25.1 Å². The summed E-state index contributed by atoms with van der Waals surface area (Å²) in [6.07, 6.45) is 12.7. The van der Waals surface area contributed by atoms with Crippen molar-refractivity contribution in [1.82, 2.24) is 15.3 Å². The maximum absolute atomic E-state index is 11.6. The first-order chi connectivity index (χ1) is 14.5. The Labute approximate surface area is 178 Å². The first-order valence-corrected chi connectivity index (χ1v) is 10.2. The number of aryl methyl sites for hydroxylation is 2. The molecule has 0 fully saturated rings. The number of amides is 2. The number of pyridine rings is 2. The zero-order valence-corrected chi connectivity index (χ0v) is 17.4. The molecule has 7 nitrogen and oxygen atoms in total. The van der Waals surface area contributed by atoms with E-state index in [-0.39, 0.29) is 17.6 Å². The van der Waals surface area contributed by atoms with Gasteiger partial charge >= 0.3 is 0 Å². The Balaban J connectivity index is 0.000000346. The van der Waals surface area contributed by atoms with Gasteiger partial charge in [-0.2, -0.15) is 0 Å². The van der Waals surface area contributed by atoms with E-state index in [4.69, 9.17) is 10.8 Å². The number of aliphatic hydroxyl groups is 1. The summed E-state index contributed by atoms with van der Waals surface area (Å²) in [5.74, 6) is 0.0461. The van der Waals surface area contributed by atoms with Gasteiger partial charge in [-0.25, -0.2) is 0 Å². The van der Waals surface area contributed by atoms with E-state index in [0.717, 1.165) is 36.8 Å². The van der Waals surface area contributed by atoms with Crippen LogP contribution in [0.2, 0.25) is 0 Å². The Hall–Kier alpha value is -3.22. The van der Waals surface area contributed by atoms with E-state index in [1.807, 2.05) is 24.3 Å². The van der Waals surface area contributed by atoms with Crippen molar-refractivity contribution in [3.05, 3.63) is 72.5 Å². The Morgan fingerprint density at radius 1 is 0.933 bits per heavy atom. The molecule has 0 aliphatic rings. The highest BCUT2D eigenvalue weighted by Gasteiger charge is 2.01. The average molecular weight is 413 g/mol. The Kier molecular flexibility index (Phi) is 13.0. The predicted molar refractivity (Wildman–Crippen MR) is 118 cm³/mol. The number of nitrogens with zero attached hydrogens (tertiary/aromatic N) is 2. The summed E-state index contributed by atoms with van der Waals surface area (Å²) in [4.78, 5) is 29.9. The smallest absolute Gasteiger partial charge is 0.220 e. The molecule has 0 saturated heterocycles. The van der Waals surface area contributed by atoms with E-state index in [0.29, 0.717) is 32.2 Å². The van der Waals surface area contributed by atoms with Gasteiger partial charge in [0.1, 0.15) is 0 Å². The molecule has 2 amide bonds. The average Bonchev–Trinajstić information content (AvgIpc) is 2.75. The second-order valence-corrected chi connectivity index (χ2v) is 6.92. The zero-order chi connectivity index (χ0) is 22.0. The van der Waals surface area contributed by atoms with Crippen molar-refractivity contribution in [3.63, 3.8) is 0 Å². The number of nitrogens with two attached hydrogens (primary N) is 1. The Bertz CT molecular complexity index is 752.